The van der Waals surface area contributed by atoms with E-state index in [1.807, 2.05) is 14.0 Å². The van der Waals surface area contributed by atoms with Crippen LogP contribution in [0.4, 0.5) is 0 Å². The summed E-state index contributed by atoms with van der Waals surface area (Å²) in [5, 5.41) is 3.04. The van der Waals surface area contributed by atoms with Crippen LogP contribution in [-0.2, 0) is 16.6 Å². The number of piperidine rings is 1. The fourth-order valence-electron chi connectivity index (χ4n) is 3.24. The Kier molecular flexibility index (Phi) is 5.11. The van der Waals surface area contributed by atoms with Gasteiger partial charge in [-0.1, -0.05) is 13.3 Å². The van der Waals surface area contributed by atoms with E-state index in [0.29, 0.717) is 29.5 Å². The fraction of sp³-hybridized carbons (Fsp3) is 0.733. The van der Waals surface area contributed by atoms with Gasteiger partial charge in [0.25, 0.3) is 0 Å². The summed E-state index contributed by atoms with van der Waals surface area (Å²) in [7, 11) is -1.67. The number of furan rings is 1. The summed E-state index contributed by atoms with van der Waals surface area (Å²) < 4.78 is 33.5. The first kappa shape index (κ1) is 16.5. The summed E-state index contributed by atoms with van der Waals surface area (Å²) in [5.41, 5.74) is 0.760. The standard InChI is InChI=1S/C15H26N2O3S/c1-5-13-8-6-7-9-17(13)21(18,19)15-12(3)20-11(2)14(15)10-16-4/h13,16H,5-10H2,1-4H3. The largest absolute Gasteiger partial charge is 0.465 e. The third-order valence-corrected chi connectivity index (χ3v) is 6.44. The fourth-order valence-corrected chi connectivity index (χ4v) is 5.43. The molecule has 1 aliphatic heterocycles. The molecule has 1 unspecified atom stereocenters. The summed E-state index contributed by atoms with van der Waals surface area (Å²) >= 11 is 0. The molecule has 5 nitrogen and oxygen atoms in total. The normalized spacial score (nSPS) is 20.9. The molecule has 0 aliphatic carbocycles. The molecule has 21 heavy (non-hydrogen) atoms. The van der Waals surface area contributed by atoms with Gasteiger partial charge in [-0.3, -0.25) is 0 Å². The van der Waals surface area contributed by atoms with Crippen molar-refractivity contribution in [2.75, 3.05) is 13.6 Å². The number of rotatable bonds is 5. The molecule has 0 bridgehead atoms. The maximum Gasteiger partial charge on any atom is 0.247 e. The van der Waals surface area contributed by atoms with E-state index in [0.717, 1.165) is 31.2 Å². The topological polar surface area (TPSA) is 62.6 Å². The van der Waals surface area contributed by atoms with Gasteiger partial charge >= 0.3 is 0 Å². The lowest BCUT2D eigenvalue weighted by Crippen LogP contribution is -2.43. The van der Waals surface area contributed by atoms with E-state index in [1.54, 1.807) is 11.2 Å². The van der Waals surface area contributed by atoms with Crippen LogP contribution in [-0.4, -0.2) is 32.4 Å². The highest BCUT2D eigenvalue weighted by molar-refractivity contribution is 7.89. The molecule has 6 heteroatoms. The third-order valence-electron chi connectivity index (χ3n) is 4.29. The van der Waals surface area contributed by atoms with E-state index in [1.165, 1.54) is 0 Å². The molecule has 1 fully saturated rings. The highest BCUT2D eigenvalue weighted by Crippen LogP contribution is 2.33. The van der Waals surface area contributed by atoms with Crippen molar-refractivity contribution in [3.8, 4) is 0 Å². The molecule has 0 amide bonds. The van der Waals surface area contributed by atoms with Crippen LogP contribution in [0.5, 0.6) is 0 Å². The number of nitrogens with one attached hydrogen (secondary N) is 1. The van der Waals surface area contributed by atoms with Crippen molar-refractivity contribution < 1.29 is 12.8 Å². The van der Waals surface area contributed by atoms with Crippen molar-refractivity contribution in [1.82, 2.24) is 9.62 Å². The van der Waals surface area contributed by atoms with E-state index in [-0.39, 0.29) is 6.04 Å². The van der Waals surface area contributed by atoms with E-state index in [4.69, 9.17) is 4.42 Å². The minimum Gasteiger partial charge on any atom is -0.465 e. The number of aryl methyl sites for hydroxylation is 2. The Morgan fingerprint density at radius 2 is 2.00 bits per heavy atom. The van der Waals surface area contributed by atoms with Crippen molar-refractivity contribution >= 4 is 10.0 Å². The molecule has 2 heterocycles. The summed E-state index contributed by atoms with van der Waals surface area (Å²) in [6.07, 6.45) is 3.85. The SMILES string of the molecule is CCC1CCCCN1S(=O)(=O)c1c(C)oc(C)c1CNC. The van der Waals surface area contributed by atoms with Gasteiger partial charge in [0.2, 0.25) is 10.0 Å². The summed E-state index contributed by atoms with van der Waals surface area (Å²) in [6.45, 7) is 6.74. The molecule has 1 aromatic heterocycles. The Labute approximate surface area is 127 Å². The molecular weight excluding hydrogens is 288 g/mol. The maximum absolute atomic E-state index is 13.1. The van der Waals surface area contributed by atoms with Crippen LogP contribution in [0.15, 0.2) is 9.31 Å². The second kappa shape index (κ2) is 6.50. The average molecular weight is 314 g/mol. The molecule has 0 spiro atoms. The Morgan fingerprint density at radius 1 is 1.29 bits per heavy atom. The lowest BCUT2D eigenvalue weighted by atomic mass is 10.0. The zero-order chi connectivity index (χ0) is 15.6. The molecule has 0 radical (unpaired) electrons. The second-order valence-electron chi connectivity index (χ2n) is 5.73. The van der Waals surface area contributed by atoms with Gasteiger partial charge in [0.15, 0.2) is 0 Å². The van der Waals surface area contributed by atoms with Gasteiger partial charge in [-0.15, -0.1) is 0 Å². The van der Waals surface area contributed by atoms with Crippen LogP contribution in [0.25, 0.3) is 0 Å². The quantitative estimate of drug-likeness (QED) is 0.907. The number of hydrogen-bond acceptors (Lipinski definition) is 4. The van der Waals surface area contributed by atoms with Crippen LogP contribution in [0.3, 0.4) is 0 Å². The minimum atomic E-state index is -3.49. The molecule has 1 aliphatic rings. The van der Waals surface area contributed by atoms with Crippen LogP contribution in [0.1, 0.15) is 49.7 Å². The van der Waals surface area contributed by atoms with Crippen molar-refractivity contribution in [2.45, 2.75) is 63.9 Å². The van der Waals surface area contributed by atoms with Crippen molar-refractivity contribution in [2.24, 2.45) is 0 Å². The molecule has 1 N–H and O–H groups in total. The molecular formula is C15H26N2O3S. The lowest BCUT2D eigenvalue weighted by molar-refractivity contribution is 0.246. The van der Waals surface area contributed by atoms with E-state index in [9.17, 15) is 8.42 Å². The molecule has 0 saturated carbocycles. The van der Waals surface area contributed by atoms with Gasteiger partial charge in [0, 0.05) is 24.7 Å². The van der Waals surface area contributed by atoms with Gasteiger partial charge in [0.05, 0.1) is 0 Å². The first-order chi connectivity index (χ1) is 9.93. The lowest BCUT2D eigenvalue weighted by Gasteiger charge is -2.34. The molecule has 1 aromatic rings. The Hall–Kier alpha value is -0.850. The zero-order valence-corrected chi connectivity index (χ0v) is 14.2. The van der Waals surface area contributed by atoms with Gasteiger partial charge in [-0.05, 0) is 40.2 Å². The van der Waals surface area contributed by atoms with Crippen molar-refractivity contribution in [1.29, 1.82) is 0 Å². The Bertz CT molecular complexity index is 592. The minimum absolute atomic E-state index is 0.112. The van der Waals surface area contributed by atoms with Crippen LogP contribution >= 0.6 is 0 Å². The Morgan fingerprint density at radius 3 is 2.62 bits per heavy atom. The van der Waals surface area contributed by atoms with E-state index >= 15 is 0 Å². The zero-order valence-electron chi connectivity index (χ0n) is 13.4. The summed E-state index contributed by atoms with van der Waals surface area (Å²) in [5.74, 6) is 1.18. The monoisotopic (exact) mass is 314 g/mol. The van der Waals surface area contributed by atoms with Crippen molar-refractivity contribution in [3.63, 3.8) is 0 Å². The van der Waals surface area contributed by atoms with Gasteiger partial charge in [-0.2, -0.15) is 4.31 Å². The van der Waals surface area contributed by atoms with Crippen LogP contribution in [0.2, 0.25) is 0 Å². The third kappa shape index (κ3) is 3.03. The highest BCUT2D eigenvalue weighted by Gasteiger charge is 2.36. The van der Waals surface area contributed by atoms with Crippen LogP contribution in [0, 0.1) is 13.8 Å². The molecule has 0 aromatic carbocycles. The van der Waals surface area contributed by atoms with Crippen LogP contribution < -0.4 is 5.32 Å². The number of sulfonamides is 1. The summed E-state index contributed by atoms with van der Waals surface area (Å²) in [4.78, 5) is 0.370. The molecule has 1 saturated heterocycles. The smallest absolute Gasteiger partial charge is 0.247 e. The second-order valence-corrected chi connectivity index (χ2v) is 7.55. The van der Waals surface area contributed by atoms with Gasteiger partial charge in [-0.25, -0.2) is 8.42 Å². The number of nitrogens with zero attached hydrogens (tertiary/aromatic N) is 1. The van der Waals surface area contributed by atoms with Gasteiger partial charge in [0.1, 0.15) is 16.4 Å². The van der Waals surface area contributed by atoms with Crippen molar-refractivity contribution in [3.05, 3.63) is 17.1 Å². The number of hydrogen-bond donors (Lipinski definition) is 1. The Balaban J connectivity index is 2.48. The molecule has 120 valence electrons. The average Bonchev–Trinajstić information content (AvgIpc) is 2.74. The maximum atomic E-state index is 13.1. The first-order valence-corrected chi connectivity index (χ1v) is 9.12. The predicted octanol–water partition coefficient (Wildman–Crippen LogP) is 2.57. The predicted molar refractivity (Wildman–Crippen MR) is 82.8 cm³/mol. The molecule has 1 atom stereocenters. The van der Waals surface area contributed by atoms with Gasteiger partial charge < -0.3 is 9.73 Å². The van der Waals surface area contributed by atoms with E-state index in [2.05, 4.69) is 12.2 Å². The first-order valence-electron chi connectivity index (χ1n) is 7.68. The summed E-state index contributed by atoms with van der Waals surface area (Å²) in [6, 6.07) is 0.112. The highest BCUT2D eigenvalue weighted by atomic mass is 32.2. The van der Waals surface area contributed by atoms with E-state index < -0.39 is 10.0 Å². The molecule has 2 rings (SSSR count).